The Labute approximate surface area is 135 Å². The number of benzene rings is 2. The van der Waals surface area contributed by atoms with Gasteiger partial charge in [0.25, 0.3) is 5.89 Å². The molecule has 3 rings (SSSR count). The van der Waals surface area contributed by atoms with Gasteiger partial charge in [-0.2, -0.15) is 0 Å². The molecule has 0 spiro atoms. The van der Waals surface area contributed by atoms with E-state index in [9.17, 15) is 0 Å². The van der Waals surface area contributed by atoms with Crippen molar-refractivity contribution in [2.75, 3.05) is 7.05 Å². The Bertz CT molecular complexity index is 713. The largest absolute Gasteiger partial charge is 0.484 e. The number of rotatable bonds is 7. The van der Waals surface area contributed by atoms with Crippen molar-refractivity contribution in [3.8, 4) is 5.75 Å². The summed E-state index contributed by atoms with van der Waals surface area (Å²) in [6.45, 7) is 1.71. The predicted molar refractivity (Wildman–Crippen MR) is 86.7 cm³/mol. The summed E-state index contributed by atoms with van der Waals surface area (Å²) < 4.78 is 11.2. The number of hydrogen-bond donors (Lipinski definition) is 0. The molecule has 0 fully saturated rings. The smallest absolute Gasteiger partial charge is 0.253 e. The van der Waals surface area contributed by atoms with Crippen LogP contribution in [-0.2, 0) is 19.7 Å². The molecular formula is C18H19N3O2. The molecule has 0 saturated carbocycles. The first kappa shape index (κ1) is 15.2. The summed E-state index contributed by atoms with van der Waals surface area (Å²) >= 11 is 0. The van der Waals surface area contributed by atoms with Crippen molar-refractivity contribution >= 4 is 0 Å². The minimum Gasteiger partial charge on any atom is -0.484 e. The summed E-state index contributed by atoms with van der Waals surface area (Å²) in [4.78, 5) is 2.13. The summed E-state index contributed by atoms with van der Waals surface area (Å²) in [5.41, 5.74) is 1.25. The molecule has 2 aromatic carbocycles. The van der Waals surface area contributed by atoms with E-state index >= 15 is 0 Å². The van der Waals surface area contributed by atoms with Crippen LogP contribution in [0.25, 0.3) is 0 Å². The maximum absolute atomic E-state index is 5.62. The summed E-state index contributed by atoms with van der Waals surface area (Å²) in [7, 11) is 2.03. The van der Waals surface area contributed by atoms with Crippen molar-refractivity contribution in [2.45, 2.75) is 19.7 Å². The normalized spacial score (nSPS) is 10.9. The molecule has 0 aliphatic rings. The number of aromatic nitrogens is 2. The second kappa shape index (κ2) is 7.56. The molecule has 0 N–H and O–H groups in total. The molecule has 5 heteroatoms. The van der Waals surface area contributed by atoms with E-state index < -0.39 is 0 Å². The molecule has 0 radical (unpaired) electrons. The molecule has 0 atom stereocenters. The highest BCUT2D eigenvalue weighted by Gasteiger charge is 2.10. The van der Waals surface area contributed by atoms with Crippen molar-refractivity contribution < 1.29 is 9.15 Å². The number of ether oxygens (including phenoxy) is 1. The third-order valence-electron chi connectivity index (χ3n) is 3.31. The van der Waals surface area contributed by atoms with Crippen molar-refractivity contribution in [3.05, 3.63) is 78.0 Å². The molecule has 1 heterocycles. The first-order chi connectivity index (χ1) is 11.3. The van der Waals surface area contributed by atoms with Gasteiger partial charge in [0.05, 0.1) is 6.54 Å². The predicted octanol–water partition coefficient (Wildman–Crippen LogP) is 3.28. The lowest BCUT2D eigenvalue weighted by atomic mass is 10.2. The lowest BCUT2D eigenvalue weighted by molar-refractivity contribution is 0.241. The van der Waals surface area contributed by atoms with Crippen LogP contribution < -0.4 is 4.74 Å². The van der Waals surface area contributed by atoms with Gasteiger partial charge in [-0.15, -0.1) is 10.2 Å². The molecule has 0 aliphatic heterocycles. The molecule has 118 valence electrons. The van der Waals surface area contributed by atoms with Gasteiger partial charge in [0.15, 0.2) is 6.61 Å². The molecular weight excluding hydrogens is 290 g/mol. The van der Waals surface area contributed by atoms with Crippen LogP contribution in [0.2, 0.25) is 0 Å². The zero-order valence-corrected chi connectivity index (χ0v) is 13.1. The summed E-state index contributed by atoms with van der Waals surface area (Å²) in [6.07, 6.45) is 0. The van der Waals surface area contributed by atoms with Gasteiger partial charge in [-0.1, -0.05) is 48.5 Å². The maximum Gasteiger partial charge on any atom is 0.253 e. The molecule has 5 nitrogen and oxygen atoms in total. The Balaban J connectivity index is 1.50. The summed E-state index contributed by atoms with van der Waals surface area (Å²) in [6, 6.07) is 19.9. The van der Waals surface area contributed by atoms with E-state index in [1.165, 1.54) is 5.56 Å². The maximum atomic E-state index is 5.62. The first-order valence-corrected chi connectivity index (χ1v) is 7.51. The van der Waals surface area contributed by atoms with E-state index in [2.05, 4.69) is 27.2 Å². The molecule has 3 aromatic rings. The van der Waals surface area contributed by atoms with Crippen molar-refractivity contribution in [2.24, 2.45) is 0 Å². The van der Waals surface area contributed by atoms with Gasteiger partial charge in [-0.3, -0.25) is 4.90 Å². The molecule has 0 amide bonds. The lowest BCUT2D eigenvalue weighted by Gasteiger charge is -2.13. The van der Waals surface area contributed by atoms with Crippen LogP contribution >= 0.6 is 0 Å². The summed E-state index contributed by atoms with van der Waals surface area (Å²) in [5, 5.41) is 8.09. The van der Waals surface area contributed by atoms with E-state index in [-0.39, 0.29) is 6.61 Å². The Morgan fingerprint density at radius 1 is 0.870 bits per heavy atom. The second-order valence-electron chi connectivity index (χ2n) is 5.35. The quantitative estimate of drug-likeness (QED) is 0.670. The molecule has 0 unspecified atom stereocenters. The Morgan fingerprint density at radius 2 is 1.52 bits per heavy atom. The average molecular weight is 309 g/mol. The van der Waals surface area contributed by atoms with Gasteiger partial charge >= 0.3 is 0 Å². The van der Waals surface area contributed by atoms with E-state index in [0.29, 0.717) is 18.3 Å². The van der Waals surface area contributed by atoms with Crippen LogP contribution in [0.4, 0.5) is 0 Å². The topological polar surface area (TPSA) is 51.4 Å². The van der Waals surface area contributed by atoms with Gasteiger partial charge < -0.3 is 9.15 Å². The van der Waals surface area contributed by atoms with Crippen LogP contribution in [0.3, 0.4) is 0 Å². The Hall–Kier alpha value is -2.66. The van der Waals surface area contributed by atoms with E-state index in [0.717, 1.165) is 12.3 Å². The van der Waals surface area contributed by atoms with Crippen molar-refractivity contribution in [1.29, 1.82) is 0 Å². The van der Waals surface area contributed by atoms with Gasteiger partial charge in [-0.25, -0.2) is 0 Å². The second-order valence-corrected chi connectivity index (χ2v) is 5.35. The summed E-state index contributed by atoms with van der Waals surface area (Å²) in [5.74, 6) is 1.86. The number of hydrogen-bond acceptors (Lipinski definition) is 5. The van der Waals surface area contributed by atoms with E-state index in [4.69, 9.17) is 9.15 Å². The SMILES string of the molecule is CN(Cc1ccccc1)Cc1nnc(COc2ccccc2)o1. The van der Waals surface area contributed by atoms with Crippen molar-refractivity contribution in [3.63, 3.8) is 0 Å². The van der Waals surface area contributed by atoms with Crippen LogP contribution in [-0.4, -0.2) is 22.1 Å². The molecule has 0 saturated heterocycles. The minimum absolute atomic E-state index is 0.277. The Morgan fingerprint density at radius 3 is 2.26 bits per heavy atom. The lowest BCUT2D eigenvalue weighted by Crippen LogP contribution is -2.17. The zero-order chi connectivity index (χ0) is 15.9. The highest BCUT2D eigenvalue weighted by molar-refractivity contribution is 5.20. The highest BCUT2D eigenvalue weighted by atomic mass is 16.5. The first-order valence-electron chi connectivity index (χ1n) is 7.51. The van der Waals surface area contributed by atoms with Gasteiger partial charge in [-0.05, 0) is 24.7 Å². The fourth-order valence-corrected chi connectivity index (χ4v) is 2.25. The standard InChI is InChI=1S/C18H19N3O2/c1-21(12-15-8-4-2-5-9-15)13-17-19-20-18(23-17)14-22-16-10-6-3-7-11-16/h2-11H,12-14H2,1H3. The van der Waals surface area contributed by atoms with Crippen LogP contribution in [0.15, 0.2) is 65.1 Å². The van der Waals surface area contributed by atoms with Gasteiger partial charge in [0, 0.05) is 6.54 Å². The fraction of sp³-hybridized carbons (Fsp3) is 0.222. The van der Waals surface area contributed by atoms with E-state index in [1.807, 2.05) is 55.6 Å². The third-order valence-corrected chi connectivity index (χ3v) is 3.31. The highest BCUT2D eigenvalue weighted by Crippen LogP contribution is 2.12. The minimum atomic E-state index is 0.277. The average Bonchev–Trinajstić information content (AvgIpc) is 3.02. The fourth-order valence-electron chi connectivity index (χ4n) is 2.25. The number of para-hydroxylation sites is 1. The monoisotopic (exact) mass is 309 g/mol. The molecule has 23 heavy (non-hydrogen) atoms. The Kier molecular flexibility index (Phi) is 5.01. The van der Waals surface area contributed by atoms with Crippen LogP contribution in [0.5, 0.6) is 5.75 Å². The zero-order valence-electron chi connectivity index (χ0n) is 13.1. The van der Waals surface area contributed by atoms with Crippen LogP contribution in [0.1, 0.15) is 17.3 Å². The van der Waals surface area contributed by atoms with E-state index in [1.54, 1.807) is 0 Å². The third kappa shape index (κ3) is 4.66. The van der Waals surface area contributed by atoms with Gasteiger partial charge in [0.1, 0.15) is 5.75 Å². The van der Waals surface area contributed by atoms with Gasteiger partial charge in [0.2, 0.25) is 5.89 Å². The van der Waals surface area contributed by atoms with Crippen LogP contribution in [0, 0.1) is 0 Å². The number of nitrogens with zero attached hydrogens (tertiary/aromatic N) is 3. The molecule has 0 bridgehead atoms. The van der Waals surface area contributed by atoms with Crippen molar-refractivity contribution in [1.82, 2.24) is 15.1 Å². The molecule has 0 aliphatic carbocycles. The molecule has 1 aromatic heterocycles.